The number of benzene rings is 1. The Morgan fingerprint density at radius 2 is 2.00 bits per heavy atom. The molecule has 1 aliphatic rings. The molecule has 0 saturated carbocycles. The minimum absolute atomic E-state index is 0.136. The van der Waals surface area contributed by atoms with Gasteiger partial charge in [-0.3, -0.25) is 4.79 Å². The minimum atomic E-state index is -3.39. The molecule has 7 nitrogen and oxygen atoms in total. The molecule has 0 bridgehead atoms. The van der Waals surface area contributed by atoms with Gasteiger partial charge in [-0.1, -0.05) is 0 Å². The van der Waals surface area contributed by atoms with Gasteiger partial charge in [0.1, 0.15) is 17.9 Å². The van der Waals surface area contributed by atoms with Crippen LogP contribution in [-0.4, -0.2) is 55.4 Å². The smallest absolute Gasteiger partial charge is 0.274 e. The summed E-state index contributed by atoms with van der Waals surface area (Å²) in [5.41, 5.74) is 1.76. The number of aryl methyl sites for hydroxylation is 1. The van der Waals surface area contributed by atoms with Crippen molar-refractivity contribution in [2.45, 2.75) is 23.8 Å². The molecule has 0 aliphatic carbocycles. The van der Waals surface area contributed by atoms with Crippen LogP contribution in [0.4, 0.5) is 0 Å². The first kappa shape index (κ1) is 19.7. The second-order valence-electron chi connectivity index (χ2n) is 7.74. The van der Waals surface area contributed by atoms with E-state index in [-0.39, 0.29) is 10.5 Å². The second-order valence-corrected chi connectivity index (χ2v) is 9.76. The van der Waals surface area contributed by atoms with Crippen molar-refractivity contribution in [3.8, 4) is 16.9 Å². The lowest BCUT2D eigenvalue weighted by Gasteiger charge is -2.21. The summed E-state index contributed by atoms with van der Waals surface area (Å²) in [6.45, 7) is 1.59. The van der Waals surface area contributed by atoms with Crippen molar-refractivity contribution >= 4 is 20.7 Å². The predicted octanol–water partition coefficient (Wildman–Crippen LogP) is 2.41. The summed E-state index contributed by atoms with van der Waals surface area (Å²) in [6, 6.07) is 7.08. The Bertz CT molecular complexity index is 1230. The lowest BCUT2D eigenvalue weighted by molar-refractivity contribution is 0.199. The maximum atomic E-state index is 12.4. The molecule has 4 rings (SSSR count). The van der Waals surface area contributed by atoms with Gasteiger partial charge in [-0.05, 0) is 50.7 Å². The topological polar surface area (TPSA) is 84.4 Å². The molecule has 0 spiro atoms. The van der Waals surface area contributed by atoms with E-state index >= 15 is 0 Å². The molecule has 1 saturated heterocycles. The molecule has 2 aromatic heterocycles. The second kappa shape index (κ2) is 7.35. The lowest BCUT2D eigenvalue weighted by atomic mass is 10.0. The molecule has 1 N–H and O–H groups in total. The summed E-state index contributed by atoms with van der Waals surface area (Å²) in [6.07, 6.45) is 6.86. The van der Waals surface area contributed by atoms with E-state index in [1.807, 2.05) is 6.07 Å². The highest BCUT2D eigenvalue weighted by molar-refractivity contribution is 7.90. The van der Waals surface area contributed by atoms with Gasteiger partial charge in [0.2, 0.25) is 0 Å². The van der Waals surface area contributed by atoms with Gasteiger partial charge in [-0.25, -0.2) is 8.42 Å². The number of hydrogen-bond acceptors (Lipinski definition) is 5. The average molecular weight is 416 g/mol. The number of ether oxygens (including phenoxy) is 1. The molecule has 8 heteroatoms. The van der Waals surface area contributed by atoms with Crippen LogP contribution in [0.5, 0.6) is 5.75 Å². The Kier molecular flexibility index (Phi) is 5.00. The van der Waals surface area contributed by atoms with Gasteiger partial charge in [-0.2, -0.15) is 0 Å². The summed E-state index contributed by atoms with van der Waals surface area (Å²) in [7, 11) is 0.382. The summed E-state index contributed by atoms with van der Waals surface area (Å²) in [5, 5.41) is 0.738. The number of aromatic amines is 1. The SMILES string of the molecule is CN1CCC[C@H]1COc1ccc(S(C)(=O)=O)cc1-c1cn(C)c(=O)c2[nH]ccc12. The van der Waals surface area contributed by atoms with Gasteiger partial charge in [0, 0.05) is 48.3 Å². The van der Waals surface area contributed by atoms with E-state index in [0.717, 1.165) is 30.3 Å². The maximum absolute atomic E-state index is 12.4. The summed E-state index contributed by atoms with van der Waals surface area (Å²) >= 11 is 0. The number of pyridine rings is 1. The molecule has 3 heterocycles. The first-order valence-corrected chi connectivity index (χ1v) is 11.5. The first-order valence-electron chi connectivity index (χ1n) is 9.60. The zero-order valence-corrected chi connectivity index (χ0v) is 17.6. The molecular formula is C21H25N3O4S. The highest BCUT2D eigenvalue weighted by Crippen LogP contribution is 2.36. The highest BCUT2D eigenvalue weighted by Gasteiger charge is 2.23. The summed E-state index contributed by atoms with van der Waals surface area (Å²) < 4.78 is 32.0. The number of hydrogen-bond donors (Lipinski definition) is 1. The van der Waals surface area contributed by atoms with Crippen molar-refractivity contribution in [1.82, 2.24) is 14.5 Å². The molecule has 0 amide bonds. The number of nitrogens with one attached hydrogen (secondary N) is 1. The monoisotopic (exact) mass is 415 g/mol. The quantitative estimate of drug-likeness (QED) is 0.692. The van der Waals surface area contributed by atoms with E-state index in [2.05, 4.69) is 16.9 Å². The van der Waals surface area contributed by atoms with Crippen LogP contribution in [0.15, 0.2) is 46.3 Å². The van der Waals surface area contributed by atoms with Gasteiger partial charge in [0.05, 0.1) is 4.90 Å². The van der Waals surface area contributed by atoms with Gasteiger partial charge < -0.3 is 19.2 Å². The van der Waals surface area contributed by atoms with Crippen molar-refractivity contribution in [3.05, 3.63) is 47.0 Å². The van der Waals surface area contributed by atoms with Gasteiger partial charge >= 0.3 is 0 Å². The first-order chi connectivity index (χ1) is 13.8. The lowest BCUT2D eigenvalue weighted by Crippen LogP contribution is -2.30. The highest BCUT2D eigenvalue weighted by atomic mass is 32.2. The molecule has 154 valence electrons. The van der Waals surface area contributed by atoms with Crippen molar-refractivity contribution in [2.24, 2.45) is 7.05 Å². The van der Waals surface area contributed by atoms with Gasteiger partial charge in [0.25, 0.3) is 5.56 Å². The van der Waals surface area contributed by atoms with Gasteiger partial charge in [0.15, 0.2) is 9.84 Å². The summed E-state index contributed by atoms with van der Waals surface area (Å²) in [5.74, 6) is 0.610. The van der Waals surface area contributed by atoms with E-state index in [4.69, 9.17) is 4.74 Å². The van der Waals surface area contributed by atoms with E-state index in [1.54, 1.807) is 37.6 Å². The summed E-state index contributed by atoms with van der Waals surface area (Å²) in [4.78, 5) is 17.9. The third kappa shape index (κ3) is 3.70. The van der Waals surface area contributed by atoms with Crippen LogP contribution in [0.2, 0.25) is 0 Å². The van der Waals surface area contributed by atoms with Crippen LogP contribution in [0.1, 0.15) is 12.8 Å². The van der Waals surface area contributed by atoms with E-state index < -0.39 is 9.84 Å². The van der Waals surface area contributed by atoms with E-state index in [1.165, 1.54) is 10.8 Å². The Morgan fingerprint density at radius 1 is 1.21 bits per heavy atom. The molecule has 1 fully saturated rings. The van der Waals surface area contributed by atoms with Crippen molar-refractivity contribution in [2.75, 3.05) is 26.5 Å². The minimum Gasteiger partial charge on any atom is -0.491 e. The molecular weight excluding hydrogens is 390 g/mol. The predicted molar refractivity (Wildman–Crippen MR) is 113 cm³/mol. The average Bonchev–Trinajstić information content (AvgIpc) is 3.31. The van der Waals surface area contributed by atoms with Gasteiger partial charge in [-0.15, -0.1) is 0 Å². The number of H-pyrrole nitrogens is 1. The fourth-order valence-electron chi connectivity index (χ4n) is 3.94. The molecule has 1 atom stereocenters. The number of nitrogens with zero attached hydrogens (tertiary/aromatic N) is 2. The third-order valence-electron chi connectivity index (χ3n) is 5.67. The number of likely N-dealkylation sites (N-methyl/N-ethyl adjacent to an activating group) is 1. The van der Waals surface area contributed by atoms with Crippen molar-refractivity contribution in [1.29, 1.82) is 0 Å². The van der Waals surface area contributed by atoms with Crippen LogP contribution in [0, 0.1) is 0 Å². The third-order valence-corrected chi connectivity index (χ3v) is 6.78. The molecule has 29 heavy (non-hydrogen) atoms. The largest absolute Gasteiger partial charge is 0.491 e. The van der Waals surface area contributed by atoms with Crippen molar-refractivity contribution in [3.63, 3.8) is 0 Å². The molecule has 3 aromatic rings. The van der Waals surface area contributed by atoms with Crippen LogP contribution in [0.25, 0.3) is 22.0 Å². The Balaban J connectivity index is 1.85. The Morgan fingerprint density at radius 3 is 2.69 bits per heavy atom. The van der Waals surface area contributed by atoms with Crippen molar-refractivity contribution < 1.29 is 13.2 Å². The van der Waals surface area contributed by atoms with Crippen LogP contribution < -0.4 is 10.3 Å². The zero-order chi connectivity index (χ0) is 20.8. The van der Waals surface area contributed by atoms with Crippen LogP contribution in [-0.2, 0) is 16.9 Å². The van der Waals surface area contributed by atoms with E-state index in [0.29, 0.717) is 29.5 Å². The van der Waals surface area contributed by atoms with Crippen LogP contribution >= 0.6 is 0 Å². The fraction of sp³-hybridized carbons (Fsp3) is 0.381. The Hall–Kier alpha value is -2.58. The molecule has 0 radical (unpaired) electrons. The van der Waals surface area contributed by atoms with Crippen LogP contribution in [0.3, 0.4) is 0 Å². The number of sulfone groups is 1. The number of likely N-dealkylation sites (tertiary alicyclic amines) is 1. The maximum Gasteiger partial charge on any atom is 0.274 e. The zero-order valence-electron chi connectivity index (χ0n) is 16.8. The van der Waals surface area contributed by atoms with E-state index in [9.17, 15) is 13.2 Å². The normalized spacial score (nSPS) is 17.8. The Labute approximate surface area is 169 Å². The number of aromatic nitrogens is 2. The molecule has 1 aromatic carbocycles. The fourth-order valence-corrected chi connectivity index (χ4v) is 4.58. The number of fused-ring (bicyclic) bond motifs is 1. The molecule has 0 unspecified atom stereocenters. The number of rotatable bonds is 5. The standard InChI is InChI=1S/C21H25N3O4S/c1-23-10-4-5-14(23)13-28-19-7-6-15(29(3,26)27)11-17(19)18-12-24(2)21(25)20-16(18)8-9-22-20/h6-9,11-12,14,22H,4-5,10,13H2,1-3H3/t14-/m0/s1. The molecule has 1 aliphatic heterocycles.